The fourth-order valence-corrected chi connectivity index (χ4v) is 2.24. The number of nitrogens with zero attached hydrogens (tertiary/aromatic N) is 1. The Morgan fingerprint density at radius 3 is 2.41 bits per heavy atom. The molecule has 0 saturated heterocycles. The highest BCUT2D eigenvalue weighted by Gasteiger charge is 2.07. The van der Waals surface area contributed by atoms with Gasteiger partial charge in [-0.15, -0.1) is 24.0 Å². The third-order valence-corrected chi connectivity index (χ3v) is 4.04. The van der Waals surface area contributed by atoms with Gasteiger partial charge >= 0.3 is 0 Å². The van der Waals surface area contributed by atoms with Crippen LogP contribution in [0.3, 0.4) is 0 Å². The van der Waals surface area contributed by atoms with Crippen LogP contribution in [0.2, 0.25) is 10.0 Å². The third kappa shape index (κ3) is 11.6. The van der Waals surface area contributed by atoms with E-state index in [4.69, 9.17) is 32.7 Å². The van der Waals surface area contributed by atoms with Crippen molar-refractivity contribution in [3.05, 3.63) is 33.8 Å². The van der Waals surface area contributed by atoms with Crippen molar-refractivity contribution >= 4 is 59.0 Å². The van der Waals surface area contributed by atoms with E-state index in [-0.39, 0.29) is 29.9 Å². The van der Waals surface area contributed by atoms with Crippen molar-refractivity contribution in [1.29, 1.82) is 0 Å². The topological polar surface area (TPSA) is 84.0 Å². The van der Waals surface area contributed by atoms with E-state index >= 15 is 0 Å². The molecule has 1 rings (SSSR count). The highest BCUT2D eigenvalue weighted by Crippen LogP contribution is 2.22. The van der Waals surface area contributed by atoms with E-state index in [9.17, 15) is 4.79 Å². The Morgan fingerprint density at radius 1 is 1.04 bits per heavy atom. The molecule has 0 radical (unpaired) electrons. The van der Waals surface area contributed by atoms with E-state index in [1.54, 1.807) is 32.4 Å². The highest BCUT2D eigenvalue weighted by atomic mass is 127. The molecule has 1 aromatic carbocycles. The molecule has 0 bridgehead atoms. The molecular formula is C17H27Cl2IN4O3. The first-order valence-corrected chi connectivity index (χ1v) is 9.08. The van der Waals surface area contributed by atoms with Crippen LogP contribution in [-0.4, -0.2) is 65.5 Å². The monoisotopic (exact) mass is 532 g/mol. The summed E-state index contributed by atoms with van der Waals surface area (Å²) < 4.78 is 10.3. The number of carbonyl (C=O) groups excluding carboxylic acids is 1. The fraction of sp³-hybridized carbons (Fsp3) is 0.529. The Kier molecular flexibility index (Phi) is 15.7. The number of hydrogen-bond donors (Lipinski definition) is 3. The van der Waals surface area contributed by atoms with Gasteiger partial charge in [-0.25, -0.2) is 0 Å². The van der Waals surface area contributed by atoms with E-state index in [1.807, 2.05) is 0 Å². The van der Waals surface area contributed by atoms with Gasteiger partial charge in [0, 0.05) is 46.0 Å². The van der Waals surface area contributed by atoms with E-state index in [0.29, 0.717) is 54.5 Å². The molecule has 0 aromatic heterocycles. The van der Waals surface area contributed by atoms with Gasteiger partial charge < -0.3 is 25.4 Å². The summed E-state index contributed by atoms with van der Waals surface area (Å²) in [7, 11) is 3.34. The van der Waals surface area contributed by atoms with Crippen LogP contribution in [0, 0.1) is 0 Å². The molecular weight excluding hydrogens is 506 g/mol. The fourth-order valence-electron chi connectivity index (χ4n) is 1.94. The summed E-state index contributed by atoms with van der Waals surface area (Å²) in [6.45, 7) is 3.58. The average molecular weight is 533 g/mol. The van der Waals surface area contributed by atoms with Gasteiger partial charge in [-0.3, -0.25) is 9.79 Å². The van der Waals surface area contributed by atoms with E-state index in [1.165, 1.54) is 0 Å². The summed E-state index contributed by atoms with van der Waals surface area (Å²) >= 11 is 11.8. The molecule has 0 aliphatic carbocycles. The zero-order valence-corrected chi connectivity index (χ0v) is 19.4. The Balaban J connectivity index is 0.00000676. The summed E-state index contributed by atoms with van der Waals surface area (Å²) in [6, 6.07) is 4.77. The quantitative estimate of drug-likeness (QED) is 0.176. The number of nitrogens with one attached hydrogen (secondary N) is 3. The normalized spacial score (nSPS) is 10.9. The van der Waals surface area contributed by atoms with Gasteiger partial charge in [0.2, 0.25) is 0 Å². The lowest BCUT2D eigenvalue weighted by Gasteiger charge is -2.12. The first kappa shape index (κ1) is 26.2. The number of carbonyl (C=O) groups is 1. The zero-order chi connectivity index (χ0) is 19.2. The van der Waals surface area contributed by atoms with E-state index in [0.717, 1.165) is 13.0 Å². The predicted molar refractivity (Wildman–Crippen MR) is 121 cm³/mol. The summed E-state index contributed by atoms with van der Waals surface area (Å²) in [6.07, 6.45) is 0.860. The van der Waals surface area contributed by atoms with Crippen LogP contribution < -0.4 is 16.0 Å². The molecule has 10 heteroatoms. The van der Waals surface area contributed by atoms with Crippen LogP contribution in [0.25, 0.3) is 0 Å². The molecule has 0 heterocycles. The molecule has 1 aromatic rings. The lowest BCUT2D eigenvalue weighted by Crippen LogP contribution is -2.42. The molecule has 0 aliphatic heterocycles. The minimum atomic E-state index is -0.207. The number of hydrogen-bond acceptors (Lipinski definition) is 4. The number of methoxy groups -OCH3 is 1. The van der Waals surface area contributed by atoms with Gasteiger partial charge in [-0.05, 0) is 24.6 Å². The van der Waals surface area contributed by atoms with Gasteiger partial charge in [0.05, 0.1) is 23.3 Å². The first-order valence-electron chi connectivity index (χ1n) is 8.33. The average Bonchev–Trinajstić information content (AvgIpc) is 2.64. The highest BCUT2D eigenvalue weighted by molar-refractivity contribution is 14.0. The summed E-state index contributed by atoms with van der Waals surface area (Å²) in [5.74, 6) is 0.465. The number of benzene rings is 1. The second-order valence-electron chi connectivity index (χ2n) is 5.27. The maximum atomic E-state index is 12.0. The van der Waals surface area contributed by atoms with Crippen molar-refractivity contribution in [3.8, 4) is 0 Å². The van der Waals surface area contributed by atoms with Gasteiger partial charge in [0.15, 0.2) is 5.96 Å². The standard InChI is InChI=1S/C17H26Cl2N4O3.HI/c1-20-17(22-6-3-9-26-11-10-25-2)23-8-7-21-16(24)13-4-5-14(18)15(19)12-13;/h4-5,12H,3,6-11H2,1-2H3,(H,21,24)(H2,20,22,23);1H. The number of halogens is 3. The molecule has 0 saturated carbocycles. The van der Waals surface area contributed by atoms with E-state index < -0.39 is 0 Å². The van der Waals surface area contributed by atoms with Crippen LogP contribution in [0.1, 0.15) is 16.8 Å². The molecule has 0 aliphatic rings. The molecule has 27 heavy (non-hydrogen) atoms. The Bertz CT molecular complexity index is 591. The second kappa shape index (κ2) is 16.2. The van der Waals surface area contributed by atoms with Crippen molar-refractivity contribution in [2.45, 2.75) is 6.42 Å². The van der Waals surface area contributed by atoms with Crippen LogP contribution >= 0.6 is 47.2 Å². The SMILES string of the molecule is CN=C(NCCCOCCOC)NCCNC(=O)c1ccc(Cl)c(Cl)c1.I. The van der Waals surface area contributed by atoms with Crippen molar-refractivity contribution in [3.63, 3.8) is 0 Å². The van der Waals surface area contributed by atoms with Crippen molar-refractivity contribution in [2.75, 3.05) is 53.6 Å². The number of guanidine groups is 1. The van der Waals surface area contributed by atoms with Crippen molar-refractivity contribution in [2.24, 2.45) is 4.99 Å². The first-order chi connectivity index (χ1) is 12.6. The minimum absolute atomic E-state index is 0. The summed E-state index contributed by atoms with van der Waals surface area (Å²) in [4.78, 5) is 16.2. The Hall–Kier alpha value is -0.810. The van der Waals surface area contributed by atoms with Crippen molar-refractivity contribution < 1.29 is 14.3 Å². The van der Waals surface area contributed by atoms with Crippen LogP contribution in [-0.2, 0) is 9.47 Å². The van der Waals surface area contributed by atoms with Crippen LogP contribution in [0.15, 0.2) is 23.2 Å². The second-order valence-corrected chi connectivity index (χ2v) is 6.08. The Morgan fingerprint density at radius 2 is 1.74 bits per heavy atom. The van der Waals surface area contributed by atoms with Gasteiger partial charge in [0.1, 0.15) is 0 Å². The number of ether oxygens (including phenoxy) is 2. The summed E-state index contributed by atoms with van der Waals surface area (Å²) in [5, 5.41) is 9.88. The molecule has 3 N–H and O–H groups in total. The molecule has 0 unspecified atom stereocenters. The van der Waals surface area contributed by atoms with Gasteiger partial charge in [-0.1, -0.05) is 23.2 Å². The number of aliphatic imine (C=N–C) groups is 1. The molecule has 7 nitrogen and oxygen atoms in total. The largest absolute Gasteiger partial charge is 0.382 e. The smallest absolute Gasteiger partial charge is 0.251 e. The molecule has 0 spiro atoms. The lowest BCUT2D eigenvalue weighted by atomic mass is 10.2. The maximum Gasteiger partial charge on any atom is 0.251 e. The zero-order valence-electron chi connectivity index (χ0n) is 15.5. The lowest BCUT2D eigenvalue weighted by molar-refractivity contribution is 0.0698. The molecule has 154 valence electrons. The molecule has 1 amide bonds. The maximum absolute atomic E-state index is 12.0. The predicted octanol–water partition coefficient (Wildman–Crippen LogP) is 2.56. The van der Waals surface area contributed by atoms with Gasteiger partial charge in [-0.2, -0.15) is 0 Å². The van der Waals surface area contributed by atoms with E-state index in [2.05, 4.69) is 20.9 Å². The van der Waals surface area contributed by atoms with Crippen molar-refractivity contribution in [1.82, 2.24) is 16.0 Å². The molecule has 0 atom stereocenters. The number of amides is 1. The third-order valence-electron chi connectivity index (χ3n) is 3.30. The number of rotatable bonds is 11. The Labute approximate surface area is 187 Å². The molecule has 0 fully saturated rings. The summed E-state index contributed by atoms with van der Waals surface area (Å²) in [5.41, 5.74) is 0.468. The van der Waals surface area contributed by atoms with Crippen LogP contribution in [0.5, 0.6) is 0 Å². The minimum Gasteiger partial charge on any atom is -0.382 e. The van der Waals surface area contributed by atoms with Crippen LogP contribution in [0.4, 0.5) is 0 Å². The van der Waals surface area contributed by atoms with Gasteiger partial charge in [0.25, 0.3) is 5.91 Å².